The molecule has 4 heteroatoms. The third kappa shape index (κ3) is 3.38. The molecule has 0 amide bonds. The van der Waals surface area contributed by atoms with Gasteiger partial charge in [0.1, 0.15) is 12.4 Å². The molecule has 17 heavy (non-hydrogen) atoms. The number of benzene rings is 2. The van der Waals surface area contributed by atoms with Gasteiger partial charge in [0.2, 0.25) is 0 Å². The first-order valence-electron chi connectivity index (χ1n) is 5.07. The van der Waals surface area contributed by atoms with Crippen molar-refractivity contribution in [3.05, 3.63) is 57.5 Å². The summed E-state index contributed by atoms with van der Waals surface area (Å²) in [5.41, 5.74) is 7.43. The van der Waals surface area contributed by atoms with Crippen LogP contribution in [0.2, 0.25) is 5.02 Å². The molecule has 2 aromatic carbocycles. The van der Waals surface area contributed by atoms with E-state index in [2.05, 4.69) is 15.9 Å². The van der Waals surface area contributed by atoms with E-state index in [0.29, 0.717) is 11.6 Å². The summed E-state index contributed by atoms with van der Waals surface area (Å²) < 4.78 is 6.52. The Morgan fingerprint density at radius 1 is 1.12 bits per heavy atom. The van der Waals surface area contributed by atoms with Gasteiger partial charge in [0.05, 0.1) is 4.47 Å². The normalized spacial score (nSPS) is 10.2. The van der Waals surface area contributed by atoms with E-state index >= 15 is 0 Å². The van der Waals surface area contributed by atoms with Gasteiger partial charge in [-0.3, -0.25) is 0 Å². The maximum absolute atomic E-state index is 5.85. The summed E-state index contributed by atoms with van der Waals surface area (Å²) in [4.78, 5) is 0. The summed E-state index contributed by atoms with van der Waals surface area (Å²) >= 11 is 9.25. The number of anilines is 1. The van der Waals surface area contributed by atoms with Crippen LogP contribution in [0.25, 0.3) is 0 Å². The van der Waals surface area contributed by atoms with Crippen molar-refractivity contribution >= 4 is 33.2 Å². The zero-order valence-electron chi connectivity index (χ0n) is 8.99. The topological polar surface area (TPSA) is 35.2 Å². The minimum atomic E-state index is 0.501. The lowest BCUT2D eigenvalue weighted by atomic mass is 10.2. The highest BCUT2D eigenvalue weighted by Crippen LogP contribution is 2.28. The Kier molecular flexibility index (Phi) is 3.92. The molecule has 0 saturated carbocycles. The highest BCUT2D eigenvalue weighted by Gasteiger charge is 2.02. The SMILES string of the molecule is Nc1ccc(COc2ccc(Cl)cc2Br)cc1. The van der Waals surface area contributed by atoms with Crippen molar-refractivity contribution in [2.75, 3.05) is 5.73 Å². The number of halogens is 2. The summed E-state index contributed by atoms with van der Waals surface area (Å²) in [5, 5.41) is 0.678. The molecule has 0 unspecified atom stereocenters. The van der Waals surface area contributed by atoms with Gasteiger partial charge < -0.3 is 10.5 Å². The maximum atomic E-state index is 5.85. The largest absolute Gasteiger partial charge is 0.488 e. The Morgan fingerprint density at radius 3 is 2.47 bits per heavy atom. The van der Waals surface area contributed by atoms with Crippen LogP contribution in [0.4, 0.5) is 5.69 Å². The van der Waals surface area contributed by atoms with E-state index in [1.165, 1.54) is 0 Å². The van der Waals surface area contributed by atoms with Gasteiger partial charge in [-0.15, -0.1) is 0 Å². The molecule has 2 aromatic rings. The Morgan fingerprint density at radius 2 is 1.82 bits per heavy atom. The fourth-order valence-electron chi connectivity index (χ4n) is 1.37. The minimum Gasteiger partial charge on any atom is -0.488 e. The summed E-state index contributed by atoms with van der Waals surface area (Å²) in [6, 6.07) is 13.0. The van der Waals surface area contributed by atoms with Gasteiger partial charge in [-0.2, -0.15) is 0 Å². The number of hydrogen-bond acceptors (Lipinski definition) is 2. The number of rotatable bonds is 3. The first-order valence-corrected chi connectivity index (χ1v) is 6.24. The van der Waals surface area contributed by atoms with E-state index in [4.69, 9.17) is 22.1 Å². The zero-order valence-corrected chi connectivity index (χ0v) is 11.3. The lowest BCUT2D eigenvalue weighted by Crippen LogP contribution is -1.96. The lowest BCUT2D eigenvalue weighted by molar-refractivity contribution is 0.304. The molecular weight excluding hydrogens is 302 g/mol. The van der Waals surface area contributed by atoms with Crippen LogP contribution in [0.5, 0.6) is 5.75 Å². The van der Waals surface area contributed by atoms with E-state index in [0.717, 1.165) is 21.5 Å². The van der Waals surface area contributed by atoms with E-state index in [9.17, 15) is 0 Å². The van der Waals surface area contributed by atoms with Crippen molar-refractivity contribution in [3.63, 3.8) is 0 Å². The molecule has 0 aliphatic rings. The number of hydrogen-bond donors (Lipinski definition) is 1. The summed E-state index contributed by atoms with van der Waals surface area (Å²) in [7, 11) is 0. The van der Waals surface area contributed by atoms with Crippen molar-refractivity contribution in [1.29, 1.82) is 0 Å². The predicted molar refractivity (Wildman–Crippen MR) is 74.3 cm³/mol. The highest BCUT2D eigenvalue weighted by atomic mass is 79.9. The average molecular weight is 313 g/mol. The highest BCUT2D eigenvalue weighted by molar-refractivity contribution is 9.10. The molecule has 0 fully saturated rings. The molecule has 0 bridgehead atoms. The summed E-state index contributed by atoms with van der Waals surface area (Å²) in [6.45, 7) is 0.501. The van der Waals surface area contributed by atoms with Crippen LogP contribution in [-0.4, -0.2) is 0 Å². The molecule has 0 atom stereocenters. The quantitative estimate of drug-likeness (QED) is 0.859. The van der Waals surface area contributed by atoms with E-state index in [1.807, 2.05) is 30.3 Å². The van der Waals surface area contributed by atoms with E-state index < -0.39 is 0 Å². The Labute approximate surface area is 113 Å². The van der Waals surface area contributed by atoms with Gasteiger partial charge in [0.25, 0.3) is 0 Å². The van der Waals surface area contributed by atoms with Crippen LogP contribution < -0.4 is 10.5 Å². The fourth-order valence-corrected chi connectivity index (χ4v) is 2.16. The summed E-state index contributed by atoms with van der Waals surface area (Å²) in [6.07, 6.45) is 0. The molecular formula is C13H11BrClNO. The second-order valence-corrected chi connectivity index (χ2v) is 4.90. The Balaban J connectivity index is 2.04. The molecule has 0 radical (unpaired) electrons. The first kappa shape index (κ1) is 12.3. The van der Waals surface area contributed by atoms with Gasteiger partial charge in [-0.05, 0) is 51.8 Å². The molecule has 88 valence electrons. The monoisotopic (exact) mass is 311 g/mol. The van der Waals surface area contributed by atoms with Gasteiger partial charge in [-0.25, -0.2) is 0 Å². The van der Waals surface area contributed by atoms with Crippen molar-refractivity contribution < 1.29 is 4.74 Å². The standard InChI is InChI=1S/C13H11BrClNO/c14-12-7-10(15)3-6-13(12)17-8-9-1-4-11(16)5-2-9/h1-7H,8,16H2. The third-order valence-corrected chi connectivity index (χ3v) is 3.12. The Hall–Kier alpha value is -1.19. The molecule has 0 aliphatic heterocycles. The second-order valence-electron chi connectivity index (χ2n) is 3.61. The predicted octanol–water partition coefficient (Wildman–Crippen LogP) is 4.26. The van der Waals surface area contributed by atoms with E-state index in [1.54, 1.807) is 12.1 Å². The van der Waals surface area contributed by atoms with Crippen molar-refractivity contribution in [1.82, 2.24) is 0 Å². The molecule has 0 aliphatic carbocycles. The van der Waals surface area contributed by atoms with Crippen LogP contribution >= 0.6 is 27.5 Å². The first-order chi connectivity index (χ1) is 8.15. The van der Waals surface area contributed by atoms with Crippen molar-refractivity contribution in [2.45, 2.75) is 6.61 Å². The zero-order chi connectivity index (χ0) is 12.3. The summed E-state index contributed by atoms with van der Waals surface area (Å²) in [5.74, 6) is 0.770. The van der Waals surface area contributed by atoms with Crippen LogP contribution in [0.3, 0.4) is 0 Å². The number of nitrogen functional groups attached to an aromatic ring is 1. The van der Waals surface area contributed by atoms with Crippen LogP contribution in [0, 0.1) is 0 Å². The van der Waals surface area contributed by atoms with Crippen LogP contribution in [-0.2, 0) is 6.61 Å². The third-order valence-electron chi connectivity index (χ3n) is 2.27. The minimum absolute atomic E-state index is 0.501. The average Bonchev–Trinajstić information content (AvgIpc) is 2.30. The van der Waals surface area contributed by atoms with E-state index in [-0.39, 0.29) is 0 Å². The Bertz CT molecular complexity index is 513. The molecule has 0 heterocycles. The van der Waals surface area contributed by atoms with Gasteiger partial charge in [0.15, 0.2) is 0 Å². The molecule has 0 aromatic heterocycles. The van der Waals surface area contributed by atoms with Crippen LogP contribution in [0.1, 0.15) is 5.56 Å². The molecule has 0 spiro atoms. The van der Waals surface area contributed by atoms with Crippen molar-refractivity contribution in [2.24, 2.45) is 0 Å². The van der Waals surface area contributed by atoms with Crippen molar-refractivity contribution in [3.8, 4) is 5.75 Å². The van der Waals surface area contributed by atoms with Gasteiger partial charge in [0, 0.05) is 10.7 Å². The fraction of sp³-hybridized carbons (Fsp3) is 0.0769. The molecule has 0 saturated heterocycles. The maximum Gasteiger partial charge on any atom is 0.134 e. The smallest absolute Gasteiger partial charge is 0.134 e. The molecule has 2 N–H and O–H groups in total. The number of ether oxygens (including phenoxy) is 1. The van der Waals surface area contributed by atoms with Gasteiger partial charge in [-0.1, -0.05) is 23.7 Å². The second kappa shape index (κ2) is 5.43. The molecule has 2 rings (SSSR count). The van der Waals surface area contributed by atoms with Gasteiger partial charge >= 0.3 is 0 Å². The number of nitrogens with two attached hydrogens (primary N) is 1. The lowest BCUT2D eigenvalue weighted by Gasteiger charge is -2.08. The molecule has 2 nitrogen and oxygen atoms in total. The van der Waals surface area contributed by atoms with Crippen LogP contribution in [0.15, 0.2) is 46.9 Å².